The van der Waals surface area contributed by atoms with Gasteiger partial charge in [0.1, 0.15) is 16.8 Å². The Kier molecular flexibility index (Phi) is 6.36. The smallest absolute Gasteiger partial charge is 0.282 e. The van der Waals surface area contributed by atoms with Gasteiger partial charge in [0, 0.05) is 28.2 Å². The fraction of sp³-hybridized carbons (Fsp3) is 0.200. The molecular formula is C20H16Cl3N3O4. The molecule has 0 amide bonds. The quantitative estimate of drug-likeness (QED) is 0.248. The van der Waals surface area contributed by atoms with E-state index in [1.165, 1.54) is 12.1 Å². The second kappa shape index (κ2) is 8.63. The number of aromatic amines is 1. The van der Waals surface area contributed by atoms with Gasteiger partial charge in [-0.3, -0.25) is 19.7 Å². The number of pyridine rings is 1. The van der Waals surface area contributed by atoms with Gasteiger partial charge in [-0.15, -0.1) is 0 Å². The first-order valence-electron chi connectivity index (χ1n) is 8.87. The Labute approximate surface area is 186 Å². The van der Waals surface area contributed by atoms with Gasteiger partial charge in [-0.1, -0.05) is 48.7 Å². The molecule has 7 nitrogen and oxygen atoms in total. The van der Waals surface area contributed by atoms with Crippen molar-refractivity contribution in [2.45, 2.75) is 20.3 Å². The largest absolute Gasteiger partial charge is 0.341 e. The number of carbonyl (C=O) groups excluding carboxylic acids is 1. The van der Waals surface area contributed by atoms with Crippen molar-refractivity contribution in [3.63, 3.8) is 0 Å². The van der Waals surface area contributed by atoms with Gasteiger partial charge in [0.2, 0.25) is 5.43 Å². The number of non-ortho nitro benzene ring substituents is 1. The molecule has 30 heavy (non-hydrogen) atoms. The molecule has 156 valence electrons. The summed E-state index contributed by atoms with van der Waals surface area (Å²) in [6.07, 6.45) is 0.0773. The molecule has 0 saturated carbocycles. The van der Waals surface area contributed by atoms with Gasteiger partial charge in [0.15, 0.2) is 5.78 Å². The van der Waals surface area contributed by atoms with Crippen LogP contribution >= 0.6 is 34.8 Å². The maximum absolute atomic E-state index is 13.3. The Morgan fingerprint density at radius 3 is 2.37 bits per heavy atom. The standard InChI is InChI=1S/C20H16Cl3N3O4/c1-9(2)5-15(27)17-19(28)16-14(26(29)30)4-3-13(23)18(16)25-20(17)24-12-7-10(21)6-11(22)8-12/h3-4,6-9H,5H2,1-2H3,(H2,24,25,28). The third kappa shape index (κ3) is 4.43. The van der Waals surface area contributed by atoms with Gasteiger partial charge in [0.05, 0.1) is 15.5 Å². The number of anilines is 2. The predicted molar refractivity (Wildman–Crippen MR) is 120 cm³/mol. The summed E-state index contributed by atoms with van der Waals surface area (Å²) in [5.41, 5.74) is -0.973. The Balaban J connectivity index is 2.34. The zero-order valence-corrected chi connectivity index (χ0v) is 18.2. The van der Waals surface area contributed by atoms with Crippen LogP contribution < -0.4 is 10.7 Å². The van der Waals surface area contributed by atoms with E-state index in [1.54, 1.807) is 12.1 Å². The lowest BCUT2D eigenvalue weighted by Crippen LogP contribution is -2.21. The van der Waals surface area contributed by atoms with E-state index in [9.17, 15) is 19.7 Å². The van der Waals surface area contributed by atoms with Crippen molar-refractivity contribution in [2.24, 2.45) is 5.92 Å². The summed E-state index contributed by atoms with van der Waals surface area (Å²) < 4.78 is 0. The topological polar surface area (TPSA) is 105 Å². The second-order valence-electron chi connectivity index (χ2n) is 7.08. The van der Waals surface area contributed by atoms with Crippen LogP contribution in [-0.2, 0) is 0 Å². The van der Waals surface area contributed by atoms with Crippen LogP contribution in [0.25, 0.3) is 10.9 Å². The number of H-pyrrole nitrogens is 1. The van der Waals surface area contributed by atoms with Gasteiger partial charge in [0.25, 0.3) is 5.69 Å². The first kappa shape index (κ1) is 22.1. The highest BCUT2D eigenvalue weighted by molar-refractivity contribution is 6.36. The van der Waals surface area contributed by atoms with Crippen molar-refractivity contribution < 1.29 is 9.72 Å². The molecule has 0 atom stereocenters. The lowest BCUT2D eigenvalue weighted by Gasteiger charge is -2.15. The zero-order valence-electron chi connectivity index (χ0n) is 15.9. The maximum atomic E-state index is 13.3. The summed E-state index contributed by atoms with van der Waals surface area (Å²) in [4.78, 5) is 39.9. The highest BCUT2D eigenvalue weighted by atomic mass is 35.5. The number of nitrogens with one attached hydrogen (secondary N) is 2. The zero-order chi connectivity index (χ0) is 22.2. The van der Waals surface area contributed by atoms with Crippen LogP contribution in [0, 0.1) is 16.0 Å². The molecule has 0 aliphatic rings. The Morgan fingerprint density at radius 2 is 1.80 bits per heavy atom. The summed E-state index contributed by atoms with van der Waals surface area (Å²) in [7, 11) is 0. The first-order chi connectivity index (χ1) is 14.1. The van der Waals surface area contributed by atoms with Crippen LogP contribution in [0.2, 0.25) is 15.1 Å². The molecule has 3 aromatic rings. The summed E-state index contributed by atoms with van der Waals surface area (Å²) in [6, 6.07) is 7.10. The predicted octanol–water partition coefficient (Wildman–Crippen LogP) is 6.37. The highest BCUT2D eigenvalue weighted by Crippen LogP contribution is 2.32. The number of ketones is 1. The number of rotatable bonds is 6. The monoisotopic (exact) mass is 467 g/mol. The fourth-order valence-electron chi connectivity index (χ4n) is 3.10. The van der Waals surface area contributed by atoms with Crippen molar-refractivity contribution in [2.75, 3.05) is 5.32 Å². The number of nitro groups is 1. The molecule has 1 aromatic heterocycles. The van der Waals surface area contributed by atoms with Gasteiger partial charge in [-0.25, -0.2) is 0 Å². The molecule has 0 radical (unpaired) electrons. The van der Waals surface area contributed by atoms with E-state index in [-0.39, 0.29) is 39.6 Å². The molecule has 2 aromatic carbocycles. The number of aromatic nitrogens is 1. The molecule has 0 aliphatic heterocycles. The van der Waals surface area contributed by atoms with E-state index in [1.807, 2.05) is 13.8 Å². The molecule has 0 spiro atoms. The second-order valence-corrected chi connectivity index (χ2v) is 8.36. The molecule has 10 heteroatoms. The van der Waals surface area contributed by atoms with E-state index in [0.717, 1.165) is 6.07 Å². The SMILES string of the molecule is CC(C)CC(=O)c1c(Nc2cc(Cl)cc(Cl)c2)[nH]c2c(Cl)ccc([N+](=O)[O-])c2c1=O. The van der Waals surface area contributed by atoms with Crippen molar-refractivity contribution in [1.82, 2.24) is 4.98 Å². The van der Waals surface area contributed by atoms with Crippen LogP contribution in [0.1, 0.15) is 30.6 Å². The minimum absolute atomic E-state index is 0.0320. The van der Waals surface area contributed by atoms with Crippen LogP contribution in [0.4, 0.5) is 17.2 Å². The summed E-state index contributed by atoms with van der Waals surface area (Å²) in [5.74, 6) is -0.438. The first-order valence-corrected chi connectivity index (χ1v) is 10.0. The number of hydrogen-bond acceptors (Lipinski definition) is 5. The average molecular weight is 469 g/mol. The molecule has 0 saturated heterocycles. The molecule has 0 unspecified atom stereocenters. The summed E-state index contributed by atoms with van der Waals surface area (Å²) in [5, 5.41) is 14.9. The molecule has 0 aliphatic carbocycles. The number of benzene rings is 2. The number of Topliss-reactive ketones (excluding diaryl/α,β-unsaturated/α-hetero) is 1. The minimum atomic E-state index is -0.778. The summed E-state index contributed by atoms with van der Waals surface area (Å²) >= 11 is 18.3. The minimum Gasteiger partial charge on any atom is -0.341 e. The maximum Gasteiger partial charge on any atom is 0.282 e. The lowest BCUT2D eigenvalue weighted by molar-refractivity contribution is -0.383. The average Bonchev–Trinajstić information content (AvgIpc) is 2.60. The molecule has 0 fully saturated rings. The molecule has 2 N–H and O–H groups in total. The molecule has 0 bridgehead atoms. The number of halogens is 3. The van der Waals surface area contributed by atoms with Gasteiger partial charge in [-0.05, 0) is 30.2 Å². The van der Waals surface area contributed by atoms with Crippen LogP contribution in [0.5, 0.6) is 0 Å². The van der Waals surface area contributed by atoms with Crippen molar-refractivity contribution >= 4 is 68.7 Å². The highest BCUT2D eigenvalue weighted by Gasteiger charge is 2.26. The molecule has 1 heterocycles. The van der Waals surface area contributed by atoms with E-state index in [2.05, 4.69) is 10.3 Å². The third-order valence-electron chi connectivity index (χ3n) is 4.29. The third-order valence-corrected chi connectivity index (χ3v) is 5.04. The molecular weight excluding hydrogens is 453 g/mol. The Hall–Kier alpha value is -2.61. The van der Waals surface area contributed by atoms with Crippen LogP contribution in [-0.4, -0.2) is 15.7 Å². The summed E-state index contributed by atoms with van der Waals surface area (Å²) in [6.45, 7) is 3.66. The lowest BCUT2D eigenvalue weighted by atomic mass is 9.99. The number of hydrogen-bond donors (Lipinski definition) is 2. The van der Waals surface area contributed by atoms with Crippen molar-refractivity contribution in [1.29, 1.82) is 0 Å². The van der Waals surface area contributed by atoms with Gasteiger partial charge >= 0.3 is 0 Å². The van der Waals surface area contributed by atoms with Crippen LogP contribution in [0.3, 0.4) is 0 Å². The Morgan fingerprint density at radius 1 is 1.17 bits per heavy atom. The van der Waals surface area contributed by atoms with E-state index < -0.39 is 21.8 Å². The Bertz CT molecular complexity index is 1220. The van der Waals surface area contributed by atoms with E-state index >= 15 is 0 Å². The number of nitrogens with zero attached hydrogens (tertiary/aromatic N) is 1. The van der Waals surface area contributed by atoms with Crippen LogP contribution in [0.15, 0.2) is 35.1 Å². The molecule has 3 rings (SSSR count). The van der Waals surface area contributed by atoms with Crippen molar-refractivity contribution in [3.8, 4) is 0 Å². The van der Waals surface area contributed by atoms with Gasteiger partial charge < -0.3 is 10.3 Å². The number of carbonyl (C=O) groups is 1. The van der Waals surface area contributed by atoms with Gasteiger partial charge in [-0.2, -0.15) is 0 Å². The van der Waals surface area contributed by atoms with E-state index in [4.69, 9.17) is 34.8 Å². The number of nitro benzene ring substituents is 1. The van der Waals surface area contributed by atoms with E-state index in [0.29, 0.717) is 15.7 Å². The fourth-order valence-corrected chi connectivity index (χ4v) is 3.83. The normalized spacial score (nSPS) is 11.1. The van der Waals surface area contributed by atoms with Crippen molar-refractivity contribution in [3.05, 3.63) is 71.3 Å². The number of fused-ring (bicyclic) bond motifs is 1.